The Balaban J connectivity index is 1.72. The zero-order chi connectivity index (χ0) is 14.8. The smallest absolute Gasteiger partial charge is 0.169 e. The molecular weight excluding hydrogens is 306 g/mol. The van der Waals surface area contributed by atoms with Crippen molar-refractivity contribution in [3.8, 4) is 5.75 Å². The molecule has 0 spiro atoms. The number of hydrogen-bond acceptors (Lipinski definition) is 6. The fourth-order valence-electron chi connectivity index (χ4n) is 1.84. The monoisotopic (exact) mass is 319 g/mol. The summed E-state index contributed by atoms with van der Waals surface area (Å²) in [6.45, 7) is 1.56. The summed E-state index contributed by atoms with van der Waals surface area (Å²) in [5.74, 6) is 1.57. The molecule has 3 aromatic rings. The van der Waals surface area contributed by atoms with Crippen LogP contribution in [-0.4, -0.2) is 27.8 Å². The van der Waals surface area contributed by atoms with Crippen molar-refractivity contribution < 1.29 is 9.53 Å². The van der Waals surface area contributed by atoms with Crippen LogP contribution in [0, 0.1) is 0 Å². The van der Waals surface area contributed by atoms with Crippen molar-refractivity contribution in [3.63, 3.8) is 0 Å². The number of carbonyl (C=O) groups excluding carboxylic acids is 1. The topological polar surface area (TPSA) is 67.9 Å². The molecule has 1 N–H and O–H groups in total. The van der Waals surface area contributed by atoms with Crippen molar-refractivity contribution in [2.24, 2.45) is 0 Å². The first-order valence-electron chi connectivity index (χ1n) is 6.28. The standard InChI is InChI=1S/C14H13N3O2S2/c1-8(18)12-6-11-13(21-12)17-14(16-11)20-7-9-5-10(19-2)3-4-15-9/h3-6H,7H2,1-2H3,(H,16,17). The van der Waals surface area contributed by atoms with E-state index in [1.807, 2.05) is 18.2 Å². The number of H-pyrrole nitrogens is 1. The van der Waals surface area contributed by atoms with Crippen molar-refractivity contribution in [2.45, 2.75) is 17.8 Å². The van der Waals surface area contributed by atoms with Crippen LogP contribution in [0.15, 0.2) is 29.6 Å². The Morgan fingerprint density at radius 1 is 1.48 bits per heavy atom. The number of aromatic amines is 1. The molecule has 0 fully saturated rings. The van der Waals surface area contributed by atoms with E-state index in [0.29, 0.717) is 5.75 Å². The van der Waals surface area contributed by atoms with Crippen LogP contribution in [0.3, 0.4) is 0 Å². The lowest BCUT2D eigenvalue weighted by molar-refractivity contribution is 0.102. The van der Waals surface area contributed by atoms with E-state index in [9.17, 15) is 4.79 Å². The van der Waals surface area contributed by atoms with Gasteiger partial charge < -0.3 is 9.72 Å². The summed E-state index contributed by atoms with van der Waals surface area (Å²) in [5.41, 5.74) is 1.84. The molecule has 0 aliphatic rings. The number of thiophene rings is 1. The molecule has 0 aliphatic carbocycles. The lowest BCUT2D eigenvalue weighted by Gasteiger charge is -2.02. The third-order valence-electron chi connectivity index (χ3n) is 2.88. The highest BCUT2D eigenvalue weighted by molar-refractivity contribution is 7.98. The van der Waals surface area contributed by atoms with Gasteiger partial charge in [0.1, 0.15) is 10.6 Å². The summed E-state index contributed by atoms with van der Waals surface area (Å²) in [5, 5.41) is 0.830. The SMILES string of the molecule is COc1ccnc(CSc2nc3sc(C(C)=O)cc3[nH]2)c1. The average molecular weight is 319 g/mol. The van der Waals surface area contributed by atoms with Gasteiger partial charge in [0, 0.05) is 18.0 Å². The molecule has 0 radical (unpaired) electrons. The van der Waals surface area contributed by atoms with Crippen LogP contribution in [0.25, 0.3) is 10.3 Å². The Morgan fingerprint density at radius 2 is 2.33 bits per heavy atom. The molecule has 5 nitrogen and oxygen atoms in total. The minimum absolute atomic E-state index is 0.0705. The second-order valence-corrected chi connectivity index (χ2v) is 6.40. The third-order valence-corrected chi connectivity index (χ3v) is 4.92. The summed E-state index contributed by atoms with van der Waals surface area (Å²) >= 11 is 2.99. The van der Waals surface area contributed by atoms with Gasteiger partial charge in [-0.05, 0) is 19.1 Å². The Labute approximate surface area is 129 Å². The van der Waals surface area contributed by atoms with Crippen LogP contribution < -0.4 is 4.74 Å². The van der Waals surface area contributed by atoms with Crippen LogP contribution in [0.4, 0.5) is 0 Å². The van der Waals surface area contributed by atoms with E-state index in [2.05, 4.69) is 15.0 Å². The minimum Gasteiger partial charge on any atom is -0.497 e. The van der Waals surface area contributed by atoms with Gasteiger partial charge in [-0.2, -0.15) is 0 Å². The fraction of sp³-hybridized carbons (Fsp3) is 0.214. The molecule has 0 saturated carbocycles. The van der Waals surface area contributed by atoms with Crippen molar-refractivity contribution in [2.75, 3.05) is 7.11 Å². The number of aromatic nitrogens is 3. The van der Waals surface area contributed by atoms with Gasteiger partial charge in [0.15, 0.2) is 10.9 Å². The van der Waals surface area contributed by atoms with Gasteiger partial charge in [-0.1, -0.05) is 11.8 Å². The number of imidazole rings is 1. The minimum atomic E-state index is 0.0705. The van der Waals surface area contributed by atoms with Gasteiger partial charge in [-0.3, -0.25) is 9.78 Å². The van der Waals surface area contributed by atoms with Crippen molar-refractivity contribution in [1.82, 2.24) is 15.0 Å². The maximum absolute atomic E-state index is 11.3. The highest BCUT2D eigenvalue weighted by Crippen LogP contribution is 2.28. The molecule has 3 aromatic heterocycles. The number of rotatable bonds is 5. The number of nitrogens with one attached hydrogen (secondary N) is 1. The number of nitrogens with zero attached hydrogens (tertiary/aromatic N) is 2. The van der Waals surface area contributed by atoms with E-state index in [1.165, 1.54) is 11.3 Å². The number of pyridine rings is 1. The van der Waals surface area contributed by atoms with Crippen LogP contribution in [0.1, 0.15) is 22.3 Å². The fourth-order valence-corrected chi connectivity index (χ4v) is 3.56. The molecule has 108 valence electrons. The second-order valence-electron chi connectivity index (χ2n) is 4.40. The number of hydrogen-bond donors (Lipinski definition) is 1. The first-order chi connectivity index (χ1) is 10.2. The van der Waals surface area contributed by atoms with Gasteiger partial charge in [0.25, 0.3) is 0 Å². The predicted molar refractivity (Wildman–Crippen MR) is 84.3 cm³/mol. The molecule has 0 aromatic carbocycles. The molecule has 7 heteroatoms. The molecule has 3 heterocycles. The van der Waals surface area contributed by atoms with Crippen molar-refractivity contribution in [1.29, 1.82) is 0 Å². The highest BCUT2D eigenvalue weighted by atomic mass is 32.2. The highest BCUT2D eigenvalue weighted by Gasteiger charge is 2.11. The lowest BCUT2D eigenvalue weighted by atomic mass is 10.3. The summed E-state index contributed by atoms with van der Waals surface area (Å²) in [4.78, 5) is 24.9. The summed E-state index contributed by atoms with van der Waals surface area (Å²) in [6.07, 6.45) is 1.73. The number of fused-ring (bicyclic) bond motifs is 1. The Bertz CT molecular complexity index is 763. The van der Waals surface area contributed by atoms with Crippen LogP contribution >= 0.6 is 23.1 Å². The molecule has 0 saturated heterocycles. The van der Waals surface area contributed by atoms with E-state index in [-0.39, 0.29) is 5.78 Å². The molecule has 0 atom stereocenters. The number of ketones is 1. The zero-order valence-electron chi connectivity index (χ0n) is 11.5. The number of carbonyl (C=O) groups is 1. The Morgan fingerprint density at radius 3 is 3.05 bits per heavy atom. The maximum Gasteiger partial charge on any atom is 0.169 e. The Hall–Kier alpha value is -1.86. The zero-order valence-corrected chi connectivity index (χ0v) is 13.2. The van der Waals surface area contributed by atoms with Crippen LogP contribution in [-0.2, 0) is 5.75 Å². The largest absolute Gasteiger partial charge is 0.497 e. The van der Waals surface area contributed by atoms with E-state index in [1.54, 1.807) is 32.0 Å². The van der Waals surface area contributed by atoms with Gasteiger partial charge in [-0.15, -0.1) is 11.3 Å². The lowest BCUT2D eigenvalue weighted by Crippen LogP contribution is -1.89. The van der Waals surface area contributed by atoms with E-state index >= 15 is 0 Å². The molecule has 3 rings (SSSR count). The van der Waals surface area contributed by atoms with Gasteiger partial charge >= 0.3 is 0 Å². The quantitative estimate of drug-likeness (QED) is 0.575. The third kappa shape index (κ3) is 3.08. The normalized spacial score (nSPS) is 11.0. The first-order valence-corrected chi connectivity index (χ1v) is 8.08. The molecule has 0 amide bonds. The summed E-state index contributed by atoms with van der Waals surface area (Å²) in [6, 6.07) is 5.58. The molecule has 0 aliphatic heterocycles. The van der Waals surface area contributed by atoms with Gasteiger partial charge in [0.2, 0.25) is 0 Å². The number of Topliss-reactive ketones (excluding diaryl/α,β-unsaturated/α-hetero) is 1. The van der Waals surface area contributed by atoms with Gasteiger partial charge in [-0.25, -0.2) is 4.98 Å². The summed E-state index contributed by atoms with van der Waals surface area (Å²) in [7, 11) is 1.64. The average Bonchev–Trinajstić information content (AvgIpc) is 3.03. The summed E-state index contributed by atoms with van der Waals surface area (Å²) < 4.78 is 5.18. The number of ether oxygens (including phenoxy) is 1. The molecular formula is C14H13N3O2S2. The van der Waals surface area contributed by atoms with Crippen molar-refractivity contribution in [3.05, 3.63) is 35.0 Å². The second kappa shape index (κ2) is 5.87. The van der Waals surface area contributed by atoms with Crippen LogP contribution in [0.2, 0.25) is 0 Å². The van der Waals surface area contributed by atoms with Gasteiger partial charge in [0.05, 0.1) is 23.2 Å². The number of thioether (sulfide) groups is 1. The predicted octanol–water partition coefficient (Wildman–Crippen LogP) is 3.52. The Kier molecular flexibility index (Phi) is 3.94. The molecule has 0 bridgehead atoms. The molecule has 0 unspecified atom stereocenters. The van der Waals surface area contributed by atoms with Crippen molar-refractivity contribution >= 4 is 39.2 Å². The maximum atomic E-state index is 11.3. The number of methoxy groups -OCH3 is 1. The van der Waals surface area contributed by atoms with E-state index in [4.69, 9.17) is 4.74 Å². The van der Waals surface area contributed by atoms with Crippen LogP contribution in [0.5, 0.6) is 5.75 Å². The van der Waals surface area contributed by atoms with E-state index < -0.39 is 0 Å². The first kappa shape index (κ1) is 14.1. The van der Waals surface area contributed by atoms with E-state index in [0.717, 1.165) is 31.8 Å². The molecule has 21 heavy (non-hydrogen) atoms.